The fraction of sp³-hybridized carbons (Fsp3) is 0.316. The second-order valence-corrected chi connectivity index (χ2v) is 11.6. The molecule has 2 aliphatic heterocycles. The molecule has 0 radical (unpaired) electrons. The van der Waals surface area contributed by atoms with E-state index in [1.165, 1.54) is 0 Å². The highest BCUT2D eigenvalue weighted by atomic mass is 16.5. The third kappa shape index (κ3) is 6.05. The smallest absolute Gasteiger partial charge is 0.161 e. The summed E-state index contributed by atoms with van der Waals surface area (Å²) < 4.78 is 47.2. The SMILES string of the molecule is COc1ccc([C@H]2Oc3c(c(OC)cc(CO)c3C3=Cc4c(OC)cc(CO)cc4O[C@@H]3c3ccc(OC)c(OC)c3)C[C@@H]2O)cc1OC. The van der Waals surface area contributed by atoms with Crippen molar-refractivity contribution >= 4 is 11.6 Å². The standard InChI is InChI=1S/C38H40O11/c1-42-28-9-7-21(13-33(28)46-5)36-26(16-24-30(44-3)11-20(18-39)12-32(24)48-36)35-23(19-40)15-31(45-4)25-17-27(41)37(49-38(25)35)22-8-10-29(43-2)34(14-22)47-6/h7-16,27,36-37,39-41H,17-19H2,1-6H3/t27-,36+,37+/m0/s1. The number of hydrogen-bond donors (Lipinski definition) is 3. The maximum absolute atomic E-state index is 11.5. The highest BCUT2D eigenvalue weighted by Gasteiger charge is 2.39. The van der Waals surface area contributed by atoms with E-state index < -0.39 is 18.3 Å². The van der Waals surface area contributed by atoms with Gasteiger partial charge in [0.2, 0.25) is 0 Å². The van der Waals surface area contributed by atoms with Gasteiger partial charge in [0.1, 0.15) is 35.2 Å². The van der Waals surface area contributed by atoms with Crippen LogP contribution in [0.1, 0.15) is 51.2 Å². The van der Waals surface area contributed by atoms with Gasteiger partial charge in [-0.3, -0.25) is 0 Å². The van der Waals surface area contributed by atoms with Gasteiger partial charge in [0.15, 0.2) is 23.0 Å². The minimum atomic E-state index is -0.941. The number of ether oxygens (including phenoxy) is 8. The molecule has 0 aromatic heterocycles. The Labute approximate surface area is 284 Å². The van der Waals surface area contributed by atoms with E-state index in [1.807, 2.05) is 24.3 Å². The summed E-state index contributed by atoms with van der Waals surface area (Å²) in [6.45, 7) is -0.561. The molecule has 11 nitrogen and oxygen atoms in total. The molecule has 0 spiro atoms. The lowest BCUT2D eigenvalue weighted by molar-refractivity contribution is 0.0194. The average Bonchev–Trinajstić information content (AvgIpc) is 3.15. The Hall–Kier alpha value is -5.10. The summed E-state index contributed by atoms with van der Waals surface area (Å²) in [5.41, 5.74) is 5.05. The summed E-state index contributed by atoms with van der Waals surface area (Å²) in [5, 5.41) is 32.3. The van der Waals surface area contributed by atoms with Gasteiger partial charge in [-0.2, -0.15) is 0 Å². The molecule has 258 valence electrons. The maximum atomic E-state index is 11.5. The van der Waals surface area contributed by atoms with Crippen LogP contribution in [0.2, 0.25) is 0 Å². The zero-order chi connectivity index (χ0) is 34.8. The molecule has 49 heavy (non-hydrogen) atoms. The van der Waals surface area contributed by atoms with Crippen LogP contribution < -0.4 is 37.9 Å². The third-order valence-electron chi connectivity index (χ3n) is 8.95. The molecule has 4 aromatic rings. The van der Waals surface area contributed by atoms with Crippen LogP contribution in [0.5, 0.6) is 46.0 Å². The van der Waals surface area contributed by atoms with Crippen LogP contribution in [0, 0.1) is 0 Å². The van der Waals surface area contributed by atoms with Crippen molar-refractivity contribution in [3.63, 3.8) is 0 Å². The van der Waals surface area contributed by atoms with Gasteiger partial charge in [-0.15, -0.1) is 0 Å². The number of fused-ring (bicyclic) bond motifs is 2. The van der Waals surface area contributed by atoms with Gasteiger partial charge >= 0.3 is 0 Å². The first-order valence-corrected chi connectivity index (χ1v) is 15.6. The minimum absolute atomic E-state index is 0.200. The topological polar surface area (TPSA) is 135 Å². The molecule has 0 saturated carbocycles. The highest BCUT2D eigenvalue weighted by molar-refractivity contribution is 5.93. The summed E-state index contributed by atoms with van der Waals surface area (Å²) in [6, 6.07) is 16.2. The van der Waals surface area contributed by atoms with E-state index in [0.29, 0.717) is 84.9 Å². The van der Waals surface area contributed by atoms with Crippen molar-refractivity contribution in [2.75, 3.05) is 42.7 Å². The van der Waals surface area contributed by atoms with E-state index in [1.54, 1.807) is 79.1 Å². The molecule has 0 fully saturated rings. The quantitative estimate of drug-likeness (QED) is 0.188. The summed E-state index contributed by atoms with van der Waals surface area (Å²) in [7, 11) is 9.32. The van der Waals surface area contributed by atoms with Crippen molar-refractivity contribution in [2.24, 2.45) is 0 Å². The zero-order valence-corrected chi connectivity index (χ0v) is 28.2. The molecule has 0 saturated heterocycles. The Balaban J connectivity index is 1.61. The van der Waals surface area contributed by atoms with E-state index in [-0.39, 0.29) is 19.6 Å². The second-order valence-electron chi connectivity index (χ2n) is 11.6. The molecule has 0 bridgehead atoms. The normalized spacial score (nSPS) is 17.8. The lowest BCUT2D eigenvalue weighted by atomic mass is 9.83. The Morgan fingerprint density at radius 1 is 0.653 bits per heavy atom. The van der Waals surface area contributed by atoms with Gasteiger partial charge in [-0.25, -0.2) is 0 Å². The van der Waals surface area contributed by atoms with Crippen molar-refractivity contribution < 1.29 is 53.2 Å². The van der Waals surface area contributed by atoms with Gasteiger partial charge in [0.05, 0.1) is 67.5 Å². The fourth-order valence-electron chi connectivity index (χ4n) is 6.56. The lowest BCUT2D eigenvalue weighted by Crippen LogP contribution is -2.32. The molecular weight excluding hydrogens is 632 g/mol. The van der Waals surface area contributed by atoms with Crippen LogP contribution in [0.25, 0.3) is 11.6 Å². The summed E-state index contributed by atoms with van der Waals surface area (Å²) in [6.07, 6.45) is -0.345. The van der Waals surface area contributed by atoms with Crippen LogP contribution in [0.4, 0.5) is 0 Å². The van der Waals surface area contributed by atoms with Crippen molar-refractivity contribution in [1.82, 2.24) is 0 Å². The summed E-state index contributed by atoms with van der Waals surface area (Å²) >= 11 is 0. The number of benzene rings is 4. The number of methoxy groups -OCH3 is 6. The van der Waals surface area contributed by atoms with Crippen LogP contribution in [-0.4, -0.2) is 64.1 Å². The molecule has 3 atom stereocenters. The number of aliphatic hydroxyl groups is 3. The van der Waals surface area contributed by atoms with Gasteiger partial charge in [-0.1, -0.05) is 12.1 Å². The molecule has 0 unspecified atom stereocenters. The largest absolute Gasteiger partial charge is 0.496 e. The Bertz CT molecular complexity index is 1880. The second kappa shape index (κ2) is 14.2. The predicted molar refractivity (Wildman–Crippen MR) is 181 cm³/mol. The van der Waals surface area contributed by atoms with E-state index in [0.717, 1.165) is 5.56 Å². The van der Waals surface area contributed by atoms with Crippen molar-refractivity contribution in [3.8, 4) is 46.0 Å². The monoisotopic (exact) mass is 672 g/mol. The van der Waals surface area contributed by atoms with Crippen LogP contribution in [0.3, 0.4) is 0 Å². The molecular formula is C38H40O11. The van der Waals surface area contributed by atoms with E-state index in [4.69, 9.17) is 37.9 Å². The molecule has 4 aromatic carbocycles. The number of hydrogen-bond acceptors (Lipinski definition) is 11. The molecule has 11 heteroatoms. The molecule has 3 N–H and O–H groups in total. The fourth-order valence-corrected chi connectivity index (χ4v) is 6.56. The first kappa shape index (κ1) is 33.8. The molecule has 6 rings (SSSR count). The van der Waals surface area contributed by atoms with Crippen molar-refractivity contribution in [1.29, 1.82) is 0 Å². The summed E-state index contributed by atoms with van der Waals surface area (Å²) in [5.74, 6) is 3.98. The van der Waals surface area contributed by atoms with Gasteiger partial charge < -0.3 is 53.2 Å². The van der Waals surface area contributed by atoms with Crippen LogP contribution in [-0.2, 0) is 19.6 Å². The van der Waals surface area contributed by atoms with Gasteiger partial charge in [0, 0.05) is 28.7 Å². The first-order valence-electron chi connectivity index (χ1n) is 15.6. The third-order valence-corrected chi connectivity index (χ3v) is 8.95. The number of aliphatic hydroxyl groups excluding tert-OH is 3. The lowest BCUT2D eigenvalue weighted by Gasteiger charge is -2.36. The van der Waals surface area contributed by atoms with Crippen molar-refractivity contribution in [3.05, 3.63) is 93.5 Å². The Morgan fingerprint density at radius 2 is 1.27 bits per heavy atom. The molecule has 0 amide bonds. The molecule has 2 aliphatic rings. The zero-order valence-electron chi connectivity index (χ0n) is 28.2. The van der Waals surface area contributed by atoms with Crippen LogP contribution >= 0.6 is 0 Å². The predicted octanol–water partition coefficient (Wildman–Crippen LogP) is 5.43. The Morgan fingerprint density at radius 3 is 1.86 bits per heavy atom. The minimum Gasteiger partial charge on any atom is -0.496 e. The van der Waals surface area contributed by atoms with E-state index >= 15 is 0 Å². The average molecular weight is 673 g/mol. The van der Waals surface area contributed by atoms with E-state index in [9.17, 15) is 15.3 Å². The first-order chi connectivity index (χ1) is 23.8. The van der Waals surface area contributed by atoms with Crippen LogP contribution in [0.15, 0.2) is 54.6 Å². The molecule has 2 heterocycles. The maximum Gasteiger partial charge on any atom is 0.161 e. The highest BCUT2D eigenvalue weighted by Crippen LogP contribution is 2.53. The van der Waals surface area contributed by atoms with E-state index in [2.05, 4.69) is 0 Å². The molecule has 0 aliphatic carbocycles. The Kier molecular flexibility index (Phi) is 9.77. The number of rotatable bonds is 11. The van der Waals surface area contributed by atoms with Gasteiger partial charge in [-0.05, 0) is 65.2 Å². The summed E-state index contributed by atoms with van der Waals surface area (Å²) in [4.78, 5) is 0. The van der Waals surface area contributed by atoms with Crippen molar-refractivity contribution in [2.45, 2.75) is 37.9 Å². The van der Waals surface area contributed by atoms with Gasteiger partial charge in [0.25, 0.3) is 0 Å².